The van der Waals surface area contributed by atoms with Crippen LogP contribution in [0.1, 0.15) is 39.8 Å². The molecule has 1 heterocycles. The number of esters is 1. The molecule has 2 aromatic carbocycles. The average Bonchev–Trinajstić information content (AvgIpc) is 3.16. The Morgan fingerprint density at radius 3 is 2.52 bits per heavy atom. The van der Waals surface area contributed by atoms with Gasteiger partial charge in [0.1, 0.15) is 0 Å². The molecular weight excluding hydrogens is 344 g/mol. The Hall–Kier alpha value is -3.48. The quantitative estimate of drug-likeness (QED) is 0.651. The topological polar surface area (TPSA) is 86.1 Å². The zero-order valence-corrected chi connectivity index (χ0v) is 15.0. The Morgan fingerprint density at radius 2 is 1.81 bits per heavy atom. The van der Waals surface area contributed by atoms with Crippen LogP contribution in [0.5, 0.6) is 0 Å². The van der Waals surface area contributed by atoms with E-state index in [9.17, 15) is 9.59 Å². The second-order valence-electron chi connectivity index (χ2n) is 5.95. The fraction of sp³-hybridized carbons (Fsp3) is 0.200. The summed E-state index contributed by atoms with van der Waals surface area (Å²) in [5.74, 6) is -0.741. The fourth-order valence-corrected chi connectivity index (χ4v) is 2.41. The van der Waals surface area contributed by atoms with Crippen LogP contribution in [0.4, 0.5) is 5.69 Å². The molecule has 0 spiro atoms. The van der Waals surface area contributed by atoms with E-state index < -0.39 is 0 Å². The Bertz CT molecular complexity index is 904. The highest BCUT2D eigenvalue weighted by Crippen LogP contribution is 2.12. The van der Waals surface area contributed by atoms with E-state index in [1.165, 1.54) is 0 Å². The van der Waals surface area contributed by atoms with Crippen LogP contribution in [-0.4, -0.2) is 33.5 Å². The van der Waals surface area contributed by atoms with Crippen molar-refractivity contribution in [2.24, 2.45) is 0 Å². The largest absolute Gasteiger partial charge is 0.462 e. The summed E-state index contributed by atoms with van der Waals surface area (Å²) in [7, 11) is 0. The Balaban J connectivity index is 1.59. The van der Waals surface area contributed by atoms with Crippen molar-refractivity contribution in [3.63, 3.8) is 0 Å². The van der Waals surface area contributed by atoms with Crippen LogP contribution in [0.25, 0.3) is 0 Å². The van der Waals surface area contributed by atoms with Crippen LogP contribution in [0, 0.1) is 0 Å². The van der Waals surface area contributed by atoms with E-state index in [4.69, 9.17) is 4.74 Å². The highest BCUT2D eigenvalue weighted by atomic mass is 16.5. The molecule has 3 rings (SSSR count). The van der Waals surface area contributed by atoms with Crippen molar-refractivity contribution in [1.82, 2.24) is 15.0 Å². The number of nitrogens with one attached hydrogen (secondary N) is 1. The number of anilines is 1. The first-order valence-electron chi connectivity index (χ1n) is 8.68. The van der Waals surface area contributed by atoms with Crippen LogP contribution in [0.2, 0.25) is 0 Å². The van der Waals surface area contributed by atoms with Gasteiger partial charge in [-0.2, -0.15) is 0 Å². The van der Waals surface area contributed by atoms with Crippen molar-refractivity contribution >= 4 is 17.6 Å². The Kier molecular flexibility index (Phi) is 5.94. The summed E-state index contributed by atoms with van der Waals surface area (Å²) in [5.41, 5.74) is 2.29. The zero-order chi connectivity index (χ0) is 19.1. The van der Waals surface area contributed by atoms with E-state index in [0.29, 0.717) is 24.4 Å². The van der Waals surface area contributed by atoms with E-state index in [2.05, 4.69) is 15.6 Å². The van der Waals surface area contributed by atoms with Gasteiger partial charge in [-0.05, 0) is 36.2 Å². The molecule has 1 N–H and O–H groups in total. The molecule has 0 saturated carbocycles. The van der Waals surface area contributed by atoms with Crippen molar-refractivity contribution < 1.29 is 14.3 Å². The SMILES string of the molecule is CCCOC(=O)c1ccc(NC(=O)c2cn(Cc3ccccc3)nn2)cc1. The lowest BCUT2D eigenvalue weighted by Gasteiger charge is -2.05. The molecule has 0 bridgehead atoms. The number of rotatable bonds is 7. The molecule has 0 fully saturated rings. The third-order valence-electron chi connectivity index (χ3n) is 3.77. The van der Waals surface area contributed by atoms with Gasteiger partial charge in [-0.1, -0.05) is 42.5 Å². The average molecular weight is 364 g/mol. The van der Waals surface area contributed by atoms with Crippen LogP contribution in [0.3, 0.4) is 0 Å². The highest BCUT2D eigenvalue weighted by molar-refractivity contribution is 6.02. The first-order valence-corrected chi connectivity index (χ1v) is 8.68. The molecule has 0 aliphatic rings. The summed E-state index contributed by atoms with van der Waals surface area (Å²) in [4.78, 5) is 24.1. The van der Waals surface area contributed by atoms with Crippen molar-refractivity contribution in [3.8, 4) is 0 Å². The molecule has 0 aliphatic heterocycles. The van der Waals surface area contributed by atoms with E-state index in [1.54, 1.807) is 35.1 Å². The van der Waals surface area contributed by atoms with Crippen LogP contribution in [-0.2, 0) is 11.3 Å². The number of ether oxygens (including phenoxy) is 1. The molecule has 7 nitrogen and oxygen atoms in total. The third-order valence-corrected chi connectivity index (χ3v) is 3.77. The molecule has 1 aromatic heterocycles. The summed E-state index contributed by atoms with van der Waals surface area (Å²) in [6, 6.07) is 16.3. The van der Waals surface area contributed by atoms with Crippen molar-refractivity contribution in [2.45, 2.75) is 19.9 Å². The molecule has 27 heavy (non-hydrogen) atoms. The minimum absolute atomic E-state index is 0.220. The lowest BCUT2D eigenvalue weighted by molar-refractivity contribution is 0.0505. The third kappa shape index (κ3) is 5.01. The van der Waals surface area contributed by atoms with E-state index in [0.717, 1.165) is 12.0 Å². The Labute approximate surface area is 157 Å². The monoisotopic (exact) mass is 364 g/mol. The first-order chi connectivity index (χ1) is 13.2. The minimum atomic E-state index is -0.376. The van der Waals surface area contributed by atoms with Gasteiger partial charge in [0.25, 0.3) is 5.91 Å². The lowest BCUT2D eigenvalue weighted by Crippen LogP contribution is -2.13. The Morgan fingerprint density at radius 1 is 1.07 bits per heavy atom. The van der Waals surface area contributed by atoms with E-state index in [1.807, 2.05) is 37.3 Å². The number of amides is 1. The predicted molar refractivity (Wildman–Crippen MR) is 101 cm³/mol. The van der Waals surface area contributed by atoms with Gasteiger partial charge in [0, 0.05) is 5.69 Å². The highest BCUT2D eigenvalue weighted by Gasteiger charge is 2.12. The van der Waals surface area contributed by atoms with Gasteiger partial charge >= 0.3 is 5.97 Å². The molecular formula is C20H20N4O3. The van der Waals surface area contributed by atoms with Crippen molar-refractivity contribution in [2.75, 3.05) is 11.9 Å². The molecule has 1 amide bonds. The molecule has 0 aliphatic carbocycles. The zero-order valence-electron chi connectivity index (χ0n) is 15.0. The molecule has 0 unspecified atom stereocenters. The summed E-state index contributed by atoms with van der Waals surface area (Å²) in [6.45, 7) is 2.85. The number of aromatic nitrogens is 3. The molecule has 138 valence electrons. The van der Waals surface area contributed by atoms with Crippen LogP contribution in [0.15, 0.2) is 60.8 Å². The number of nitrogens with zero attached hydrogens (tertiary/aromatic N) is 3. The lowest BCUT2D eigenvalue weighted by atomic mass is 10.2. The number of benzene rings is 2. The van der Waals surface area contributed by atoms with Crippen LogP contribution < -0.4 is 5.32 Å². The van der Waals surface area contributed by atoms with Gasteiger partial charge in [0.15, 0.2) is 5.69 Å². The smallest absolute Gasteiger partial charge is 0.338 e. The molecule has 7 heteroatoms. The number of carbonyl (C=O) groups is 2. The second kappa shape index (κ2) is 8.75. The number of hydrogen-bond donors (Lipinski definition) is 1. The van der Waals surface area contributed by atoms with Gasteiger partial charge in [-0.25, -0.2) is 9.48 Å². The maximum Gasteiger partial charge on any atom is 0.338 e. The molecule has 0 saturated heterocycles. The minimum Gasteiger partial charge on any atom is -0.462 e. The summed E-state index contributed by atoms with van der Waals surface area (Å²) >= 11 is 0. The van der Waals surface area contributed by atoms with Crippen molar-refractivity contribution in [3.05, 3.63) is 77.6 Å². The standard InChI is InChI=1S/C20H20N4O3/c1-2-12-27-20(26)16-8-10-17(11-9-16)21-19(25)18-14-24(23-22-18)13-15-6-4-3-5-7-15/h3-11,14H,2,12-13H2,1H3,(H,21,25). The van der Waals surface area contributed by atoms with Gasteiger partial charge < -0.3 is 10.1 Å². The first kappa shape index (κ1) is 18.3. The van der Waals surface area contributed by atoms with E-state index >= 15 is 0 Å². The van der Waals surface area contributed by atoms with Crippen LogP contribution >= 0.6 is 0 Å². The van der Waals surface area contributed by atoms with Gasteiger partial charge in [-0.15, -0.1) is 5.10 Å². The maximum absolute atomic E-state index is 12.3. The van der Waals surface area contributed by atoms with E-state index in [-0.39, 0.29) is 17.6 Å². The normalized spacial score (nSPS) is 10.4. The summed E-state index contributed by atoms with van der Waals surface area (Å²) in [6.07, 6.45) is 2.36. The summed E-state index contributed by atoms with van der Waals surface area (Å²) < 4.78 is 6.68. The number of hydrogen-bond acceptors (Lipinski definition) is 5. The van der Waals surface area contributed by atoms with Gasteiger partial charge in [0.2, 0.25) is 0 Å². The van der Waals surface area contributed by atoms with Gasteiger partial charge in [0.05, 0.1) is 24.9 Å². The predicted octanol–water partition coefficient (Wildman–Crippen LogP) is 3.15. The van der Waals surface area contributed by atoms with Gasteiger partial charge in [-0.3, -0.25) is 4.79 Å². The molecule has 3 aromatic rings. The second-order valence-corrected chi connectivity index (χ2v) is 5.95. The molecule has 0 atom stereocenters. The van der Waals surface area contributed by atoms with Crippen molar-refractivity contribution in [1.29, 1.82) is 0 Å². The fourth-order valence-electron chi connectivity index (χ4n) is 2.41. The summed E-state index contributed by atoms with van der Waals surface area (Å²) in [5, 5.41) is 10.6. The number of carbonyl (C=O) groups excluding carboxylic acids is 2. The maximum atomic E-state index is 12.3. The molecule has 0 radical (unpaired) electrons.